The topological polar surface area (TPSA) is 78.4 Å². The summed E-state index contributed by atoms with van der Waals surface area (Å²) in [6, 6.07) is 12.7. The van der Waals surface area contributed by atoms with Crippen LogP contribution in [0.25, 0.3) is 0 Å². The minimum absolute atomic E-state index is 0.0207. The van der Waals surface area contributed by atoms with Gasteiger partial charge in [-0.15, -0.1) is 0 Å². The maximum absolute atomic E-state index is 13.1. The lowest BCUT2D eigenvalue weighted by Gasteiger charge is -2.30. The molecule has 0 heterocycles. The fraction of sp³-hybridized carbons (Fsp3) is 0.391. The molecule has 1 aliphatic rings. The first-order chi connectivity index (χ1) is 14.8. The third-order valence-electron chi connectivity index (χ3n) is 5.77. The van der Waals surface area contributed by atoms with E-state index in [1.807, 2.05) is 30.3 Å². The minimum atomic E-state index is -4.43. The molecule has 3 N–H and O–H groups in total. The van der Waals surface area contributed by atoms with Crippen LogP contribution in [0.1, 0.15) is 42.4 Å². The maximum atomic E-state index is 13.1. The second-order valence-electron chi connectivity index (χ2n) is 7.78. The van der Waals surface area contributed by atoms with Crippen LogP contribution in [0.15, 0.2) is 54.6 Å². The largest absolute Gasteiger partial charge is 0.416 e. The summed E-state index contributed by atoms with van der Waals surface area (Å²) in [5.41, 5.74) is -0.152. The number of rotatable bonds is 7. The van der Waals surface area contributed by atoms with Crippen molar-refractivity contribution >= 4 is 11.8 Å². The lowest BCUT2D eigenvalue weighted by atomic mass is 9.78. The molecule has 0 saturated heterocycles. The predicted octanol–water partition coefficient (Wildman–Crippen LogP) is 3.31. The Morgan fingerprint density at radius 3 is 2.16 bits per heavy atom. The molecule has 1 atom stereocenters. The van der Waals surface area contributed by atoms with E-state index < -0.39 is 35.7 Å². The van der Waals surface area contributed by atoms with E-state index in [2.05, 4.69) is 10.6 Å². The van der Waals surface area contributed by atoms with Gasteiger partial charge >= 0.3 is 6.18 Å². The van der Waals surface area contributed by atoms with Gasteiger partial charge in [0.1, 0.15) is 6.04 Å². The Morgan fingerprint density at radius 1 is 1.00 bits per heavy atom. The molecular weight excluding hydrogens is 409 g/mol. The van der Waals surface area contributed by atoms with Crippen LogP contribution in [-0.4, -0.2) is 29.6 Å². The van der Waals surface area contributed by atoms with Crippen molar-refractivity contribution in [1.29, 1.82) is 0 Å². The number of hydrogen-bond donors (Lipinski definition) is 3. The zero-order valence-electron chi connectivity index (χ0n) is 16.9. The van der Waals surface area contributed by atoms with Gasteiger partial charge in [0, 0.05) is 6.54 Å². The Kier molecular flexibility index (Phi) is 7.00. The monoisotopic (exact) mass is 434 g/mol. The quantitative estimate of drug-likeness (QED) is 0.626. The number of carbonyl (C=O) groups excluding carboxylic acids is 2. The molecule has 0 aromatic heterocycles. The van der Waals surface area contributed by atoms with Crippen LogP contribution in [-0.2, 0) is 27.7 Å². The molecule has 0 radical (unpaired) electrons. The molecule has 2 amide bonds. The number of nitrogens with one attached hydrogen (secondary N) is 2. The molecule has 0 spiro atoms. The molecule has 1 fully saturated rings. The molecule has 31 heavy (non-hydrogen) atoms. The van der Waals surface area contributed by atoms with Gasteiger partial charge in [-0.25, -0.2) is 0 Å². The smallest absolute Gasteiger partial charge is 0.394 e. The highest BCUT2D eigenvalue weighted by Gasteiger charge is 2.43. The SMILES string of the molecule is O=C(NCc1ccc(C(F)(F)F)cc1)C(CO)NC(=O)C1(c2ccccc2)CCCC1. The van der Waals surface area contributed by atoms with Crippen LogP contribution in [0.3, 0.4) is 0 Å². The van der Waals surface area contributed by atoms with E-state index in [1.54, 1.807) is 0 Å². The van der Waals surface area contributed by atoms with E-state index in [9.17, 15) is 27.9 Å². The van der Waals surface area contributed by atoms with Crippen molar-refractivity contribution in [3.05, 3.63) is 71.3 Å². The van der Waals surface area contributed by atoms with Gasteiger partial charge in [0.05, 0.1) is 17.6 Å². The summed E-state index contributed by atoms with van der Waals surface area (Å²) >= 11 is 0. The highest BCUT2D eigenvalue weighted by atomic mass is 19.4. The Morgan fingerprint density at radius 2 is 1.61 bits per heavy atom. The molecule has 3 rings (SSSR count). The first-order valence-corrected chi connectivity index (χ1v) is 10.2. The van der Waals surface area contributed by atoms with Crippen molar-refractivity contribution < 1.29 is 27.9 Å². The van der Waals surface area contributed by atoms with E-state index in [0.29, 0.717) is 18.4 Å². The van der Waals surface area contributed by atoms with Crippen molar-refractivity contribution in [2.45, 2.75) is 49.9 Å². The number of hydrogen-bond acceptors (Lipinski definition) is 3. The lowest BCUT2D eigenvalue weighted by molar-refractivity contribution is -0.137. The summed E-state index contributed by atoms with van der Waals surface area (Å²) in [5.74, 6) is -0.906. The number of halogens is 3. The third kappa shape index (κ3) is 5.25. The Balaban J connectivity index is 1.63. The van der Waals surface area contributed by atoms with Crippen LogP contribution in [0.5, 0.6) is 0 Å². The number of benzene rings is 2. The summed E-state index contributed by atoms with van der Waals surface area (Å²) in [4.78, 5) is 25.6. The van der Waals surface area contributed by atoms with Gasteiger partial charge < -0.3 is 15.7 Å². The van der Waals surface area contributed by atoms with E-state index in [-0.39, 0.29) is 12.5 Å². The van der Waals surface area contributed by atoms with Crippen LogP contribution < -0.4 is 10.6 Å². The van der Waals surface area contributed by atoms with Crippen LogP contribution in [0, 0.1) is 0 Å². The average Bonchev–Trinajstić information content (AvgIpc) is 3.27. The summed E-state index contributed by atoms with van der Waals surface area (Å²) in [5, 5.41) is 14.9. The van der Waals surface area contributed by atoms with Crippen molar-refractivity contribution in [2.75, 3.05) is 6.61 Å². The standard InChI is InChI=1S/C23H25F3N2O3/c24-23(25,26)18-10-8-16(9-11-18)14-27-20(30)19(15-29)28-21(31)22(12-4-5-13-22)17-6-2-1-3-7-17/h1-3,6-11,19,29H,4-5,12-15H2,(H,27,30)(H,28,31). The molecule has 0 bridgehead atoms. The van der Waals surface area contributed by atoms with Gasteiger partial charge in [0.25, 0.3) is 0 Å². The van der Waals surface area contributed by atoms with Gasteiger partial charge in [-0.3, -0.25) is 9.59 Å². The van der Waals surface area contributed by atoms with E-state index in [4.69, 9.17) is 0 Å². The fourth-order valence-corrected chi connectivity index (χ4v) is 4.00. The van der Waals surface area contributed by atoms with Gasteiger partial charge in [-0.2, -0.15) is 13.2 Å². The Labute approximate surface area is 178 Å². The van der Waals surface area contributed by atoms with Crippen molar-refractivity contribution in [2.24, 2.45) is 0 Å². The molecular formula is C23H25F3N2O3. The minimum Gasteiger partial charge on any atom is -0.394 e. The normalized spacial score (nSPS) is 16.5. The molecule has 1 unspecified atom stereocenters. The molecule has 1 saturated carbocycles. The Hall–Kier alpha value is -2.87. The second-order valence-corrected chi connectivity index (χ2v) is 7.78. The highest BCUT2D eigenvalue weighted by molar-refractivity contribution is 5.93. The molecule has 2 aromatic carbocycles. The van der Waals surface area contributed by atoms with Crippen LogP contribution in [0.4, 0.5) is 13.2 Å². The molecule has 0 aliphatic heterocycles. The van der Waals surface area contributed by atoms with Crippen molar-refractivity contribution in [3.63, 3.8) is 0 Å². The number of alkyl halides is 3. The number of carbonyl (C=O) groups is 2. The number of aliphatic hydroxyl groups excluding tert-OH is 1. The predicted molar refractivity (Wildman–Crippen MR) is 109 cm³/mol. The molecule has 8 heteroatoms. The van der Waals surface area contributed by atoms with Crippen LogP contribution >= 0.6 is 0 Å². The van der Waals surface area contributed by atoms with E-state index >= 15 is 0 Å². The first-order valence-electron chi connectivity index (χ1n) is 10.2. The average molecular weight is 434 g/mol. The molecule has 2 aromatic rings. The van der Waals surface area contributed by atoms with Crippen molar-refractivity contribution in [3.8, 4) is 0 Å². The Bertz CT molecular complexity index is 893. The van der Waals surface area contributed by atoms with Gasteiger partial charge in [0.2, 0.25) is 11.8 Å². The van der Waals surface area contributed by atoms with Gasteiger partial charge in [-0.1, -0.05) is 55.3 Å². The van der Waals surface area contributed by atoms with E-state index in [1.165, 1.54) is 12.1 Å². The van der Waals surface area contributed by atoms with Crippen LogP contribution in [0.2, 0.25) is 0 Å². The lowest BCUT2D eigenvalue weighted by Crippen LogP contribution is -2.54. The zero-order chi connectivity index (χ0) is 22.5. The van der Waals surface area contributed by atoms with Crippen molar-refractivity contribution in [1.82, 2.24) is 10.6 Å². The number of aliphatic hydroxyl groups is 1. The molecule has 1 aliphatic carbocycles. The fourth-order valence-electron chi connectivity index (χ4n) is 4.00. The highest BCUT2D eigenvalue weighted by Crippen LogP contribution is 2.41. The number of amides is 2. The summed E-state index contributed by atoms with van der Waals surface area (Å²) in [6.45, 7) is -0.609. The van der Waals surface area contributed by atoms with E-state index in [0.717, 1.165) is 30.5 Å². The summed E-state index contributed by atoms with van der Waals surface area (Å²) in [6.07, 6.45) is -1.32. The summed E-state index contributed by atoms with van der Waals surface area (Å²) in [7, 11) is 0. The molecule has 5 nitrogen and oxygen atoms in total. The zero-order valence-corrected chi connectivity index (χ0v) is 16.9. The maximum Gasteiger partial charge on any atom is 0.416 e. The molecule has 166 valence electrons. The second kappa shape index (κ2) is 9.51. The third-order valence-corrected chi connectivity index (χ3v) is 5.77. The summed E-state index contributed by atoms with van der Waals surface area (Å²) < 4.78 is 38.0. The van der Waals surface area contributed by atoms with Gasteiger partial charge in [0.15, 0.2) is 0 Å². The first kappa shape index (κ1) is 22.8. The van der Waals surface area contributed by atoms with Gasteiger partial charge in [-0.05, 0) is 36.1 Å².